The van der Waals surface area contributed by atoms with E-state index < -0.39 is 0 Å². The Morgan fingerprint density at radius 3 is 2.35 bits per heavy atom. The molecule has 1 rings (SSSR count). The van der Waals surface area contributed by atoms with Gasteiger partial charge in [-0.05, 0) is 44.9 Å². The summed E-state index contributed by atoms with van der Waals surface area (Å²) in [5.41, 5.74) is 0. The second kappa shape index (κ2) is 7.70. The van der Waals surface area contributed by atoms with Gasteiger partial charge in [-0.1, -0.05) is 13.8 Å². The van der Waals surface area contributed by atoms with Gasteiger partial charge in [0, 0.05) is 19.1 Å². The van der Waals surface area contributed by atoms with Crippen LogP contribution in [0.5, 0.6) is 0 Å². The monoisotopic (exact) mass is 240 g/mol. The molecular formula is C14H28N2O. The third-order valence-electron chi connectivity index (χ3n) is 3.49. The van der Waals surface area contributed by atoms with Crippen LogP contribution in [-0.4, -0.2) is 36.5 Å². The summed E-state index contributed by atoms with van der Waals surface area (Å²) < 4.78 is 0. The molecule has 1 heterocycles. The summed E-state index contributed by atoms with van der Waals surface area (Å²) in [6.07, 6.45) is 6.02. The molecule has 0 aliphatic carbocycles. The first-order chi connectivity index (χ1) is 8.09. The average Bonchev–Trinajstić information content (AvgIpc) is 2.34. The number of amides is 1. The Kier molecular flexibility index (Phi) is 6.56. The molecular weight excluding hydrogens is 212 g/mol. The minimum Gasteiger partial charge on any atom is -0.342 e. The number of piperidine rings is 1. The Morgan fingerprint density at radius 2 is 1.76 bits per heavy atom. The highest BCUT2D eigenvalue weighted by Crippen LogP contribution is 2.09. The van der Waals surface area contributed by atoms with Crippen LogP contribution < -0.4 is 5.32 Å². The molecule has 0 radical (unpaired) electrons. The molecule has 100 valence electrons. The number of rotatable bonds is 6. The Bertz CT molecular complexity index is 222. The fraction of sp³-hybridized carbons (Fsp3) is 0.929. The van der Waals surface area contributed by atoms with Gasteiger partial charge >= 0.3 is 0 Å². The quantitative estimate of drug-likeness (QED) is 0.773. The molecule has 0 bridgehead atoms. The maximum atomic E-state index is 11.9. The largest absolute Gasteiger partial charge is 0.342 e. The topological polar surface area (TPSA) is 32.3 Å². The minimum atomic E-state index is 0.279. The fourth-order valence-corrected chi connectivity index (χ4v) is 2.20. The first-order valence-electron chi connectivity index (χ1n) is 7.10. The fourth-order valence-electron chi connectivity index (χ4n) is 2.20. The zero-order valence-corrected chi connectivity index (χ0v) is 11.7. The van der Waals surface area contributed by atoms with Crippen LogP contribution in [0.2, 0.25) is 0 Å². The van der Waals surface area contributed by atoms with Crippen LogP contribution in [0, 0.1) is 5.92 Å². The number of hydrogen-bond acceptors (Lipinski definition) is 2. The molecule has 0 aromatic rings. The van der Waals surface area contributed by atoms with Gasteiger partial charge in [-0.25, -0.2) is 0 Å². The van der Waals surface area contributed by atoms with Gasteiger partial charge in [-0.3, -0.25) is 4.79 Å². The minimum absolute atomic E-state index is 0.279. The molecule has 3 heteroatoms. The highest BCUT2D eigenvalue weighted by atomic mass is 16.2. The van der Waals surface area contributed by atoms with E-state index in [9.17, 15) is 4.79 Å². The van der Waals surface area contributed by atoms with Gasteiger partial charge in [-0.15, -0.1) is 0 Å². The molecule has 1 aliphatic rings. The summed E-state index contributed by atoms with van der Waals surface area (Å²) in [6.45, 7) is 9.09. The van der Waals surface area contributed by atoms with E-state index in [4.69, 9.17) is 0 Å². The van der Waals surface area contributed by atoms with Crippen molar-refractivity contribution in [2.45, 2.75) is 58.9 Å². The van der Waals surface area contributed by atoms with Gasteiger partial charge in [0.15, 0.2) is 0 Å². The summed E-state index contributed by atoms with van der Waals surface area (Å²) in [4.78, 5) is 13.9. The molecule has 1 aliphatic heterocycles. The molecule has 17 heavy (non-hydrogen) atoms. The number of hydrogen-bond donors (Lipinski definition) is 1. The number of carbonyl (C=O) groups is 1. The Hall–Kier alpha value is -0.570. The van der Waals surface area contributed by atoms with Crippen LogP contribution in [0.1, 0.15) is 52.9 Å². The molecule has 0 aromatic carbocycles. The SMILES string of the molecule is CC(C)CCC(C)NCC(=O)N1CCCCC1. The highest BCUT2D eigenvalue weighted by molar-refractivity contribution is 5.78. The Labute approximate surface area is 106 Å². The number of likely N-dealkylation sites (tertiary alicyclic amines) is 1. The predicted octanol–water partition coefficient (Wildman–Crippen LogP) is 2.41. The van der Waals surface area contributed by atoms with Gasteiger partial charge in [0.25, 0.3) is 0 Å². The van der Waals surface area contributed by atoms with Crippen molar-refractivity contribution in [2.24, 2.45) is 5.92 Å². The first kappa shape index (κ1) is 14.5. The number of nitrogens with one attached hydrogen (secondary N) is 1. The predicted molar refractivity (Wildman–Crippen MR) is 72.0 cm³/mol. The smallest absolute Gasteiger partial charge is 0.236 e. The van der Waals surface area contributed by atoms with Crippen LogP contribution >= 0.6 is 0 Å². The van der Waals surface area contributed by atoms with Crippen LogP contribution in [0.3, 0.4) is 0 Å². The molecule has 0 aromatic heterocycles. The molecule has 1 fully saturated rings. The Morgan fingerprint density at radius 1 is 1.12 bits per heavy atom. The lowest BCUT2D eigenvalue weighted by atomic mass is 10.0. The lowest BCUT2D eigenvalue weighted by Gasteiger charge is -2.27. The number of carbonyl (C=O) groups excluding carboxylic acids is 1. The Balaban J connectivity index is 2.13. The second-order valence-corrected chi connectivity index (χ2v) is 5.69. The summed E-state index contributed by atoms with van der Waals surface area (Å²) in [7, 11) is 0. The van der Waals surface area contributed by atoms with Crippen LogP contribution in [0.15, 0.2) is 0 Å². The van der Waals surface area contributed by atoms with Gasteiger partial charge in [0.2, 0.25) is 5.91 Å². The highest BCUT2D eigenvalue weighted by Gasteiger charge is 2.16. The van der Waals surface area contributed by atoms with Gasteiger partial charge in [0.05, 0.1) is 6.54 Å². The summed E-state index contributed by atoms with van der Waals surface area (Å²) >= 11 is 0. The van der Waals surface area contributed by atoms with E-state index in [1.165, 1.54) is 25.7 Å². The molecule has 0 spiro atoms. The van der Waals surface area contributed by atoms with Crippen molar-refractivity contribution in [1.29, 1.82) is 0 Å². The molecule has 1 unspecified atom stereocenters. The second-order valence-electron chi connectivity index (χ2n) is 5.69. The van der Waals surface area contributed by atoms with E-state index in [0.29, 0.717) is 12.6 Å². The van der Waals surface area contributed by atoms with Crippen LogP contribution in [0.25, 0.3) is 0 Å². The molecule has 3 nitrogen and oxygen atoms in total. The van der Waals surface area contributed by atoms with Crippen molar-refractivity contribution >= 4 is 5.91 Å². The van der Waals surface area contributed by atoms with Crippen molar-refractivity contribution in [3.8, 4) is 0 Å². The molecule has 1 amide bonds. The standard InChI is InChI=1S/C14H28N2O/c1-12(2)7-8-13(3)15-11-14(17)16-9-5-4-6-10-16/h12-13,15H,4-11H2,1-3H3. The summed E-state index contributed by atoms with van der Waals surface area (Å²) in [5.74, 6) is 1.03. The van der Waals surface area contributed by atoms with Crippen molar-refractivity contribution in [1.82, 2.24) is 10.2 Å². The first-order valence-corrected chi connectivity index (χ1v) is 7.10. The van der Waals surface area contributed by atoms with Crippen LogP contribution in [-0.2, 0) is 4.79 Å². The molecule has 1 saturated heterocycles. The third-order valence-corrected chi connectivity index (χ3v) is 3.49. The van der Waals surface area contributed by atoms with Crippen molar-refractivity contribution < 1.29 is 4.79 Å². The van der Waals surface area contributed by atoms with Gasteiger partial charge < -0.3 is 10.2 Å². The lowest BCUT2D eigenvalue weighted by molar-refractivity contribution is -0.131. The summed E-state index contributed by atoms with van der Waals surface area (Å²) in [5, 5.41) is 3.34. The zero-order valence-electron chi connectivity index (χ0n) is 11.7. The lowest BCUT2D eigenvalue weighted by Crippen LogP contribution is -2.43. The van der Waals surface area contributed by atoms with E-state index in [2.05, 4.69) is 26.1 Å². The molecule has 1 atom stereocenters. The summed E-state index contributed by atoms with van der Waals surface area (Å²) in [6, 6.07) is 0.450. The van der Waals surface area contributed by atoms with Crippen molar-refractivity contribution in [2.75, 3.05) is 19.6 Å². The van der Waals surface area contributed by atoms with Crippen LogP contribution in [0.4, 0.5) is 0 Å². The van der Waals surface area contributed by atoms with E-state index in [-0.39, 0.29) is 5.91 Å². The van der Waals surface area contributed by atoms with Crippen molar-refractivity contribution in [3.63, 3.8) is 0 Å². The van der Waals surface area contributed by atoms with Gasteiger partial charge in [0.1, 0.15) is 0 Å². The molecule has 0 saturated carbocycles. The average molecular weight is 240 g/mol. The van der Waals surface area contributed by atoms with E-state index >= 15 is 0 Å². The van der Waals surface area contributed by atoms with Crippen molar-refractivity contribution in [3.05, 3.63) is 0 Å². The maximum absolute atomic E-state index is 11.9. The van der Waals surface area contributed by atoms with E-state index in [1.807, 2.05) is 4.90 Å². The van der Waals surface area contributed by atoms with Gasteiger partial charge in [-0.2, -0.15) is 0 Å². The zero-order chi connectivity index (χ0) is 12.7. The van der Waals surface area contributed by atoms with E-state index in [1.54, 1.807) is 0 Å². The maximum Gasteiger partial charge on any atom is 0.236 e. The third kappa shape index (κ3) is 6.06. The molecule has 1 N–H and O–H groups in total. The van der Waals surface area contributed by atoms with E-state index in [0.717, 1.165) is 25.4 Å². The normalized spacial score (nSPS) is 18.5. The number of nitrogens with zero attached hydrogens (tertiary/aromatic N) is 1.